The SMILES string of the molecule is CN=C(NCCCCN1CCCC1)NCC(C)(C)N1CCOCC1. The Labute approximate surface area is 148 Å². The van der Waals surface area contributed by atoms with Crippen LogP contribution >= 0.6 is 0 Å². The van der Waals surface area contributed by atoms with Crippen molar-refractivity contribution in [1.29, 1.82) is 0 Å². The highest BCUT2D eigenvalue weighted by Crippen LogP contribution is 2.15. The minimum atomic E-state index is 0.108. The van der Waals surface area contributed by atoms with Gasteiger partial charge in [-0.15, -0.1) is 0 Å². The topological polar surface area (TPSA) is 52.1 Å². The van der Waals surface area contributed by atoms with Crippen LogP contribution in [-0.2, 0) is 4.74 Å². The minimum Gasteiger partial charge on any atom is -0.379 e. The third kappa shape index (κ3) is 6.57. The molecule has 0 aromatic heterocycles. The number of guanidine groups is 1. The lowest BCUT2D eigenvalue weighted by Crippen LogP contribution is -2.56. The standard InChI is InChI=1S/C18H37N5O/c1-18(2,23-12-14-24-15-13-23)16-21-17(19-3)20-8-4-5-9-22-10-6-7-11-22/h4-16H2,1-3H3,(H2,19,20,21). The van der Waals surface area contributed by atoms with Gasteiger partial charge in [0.1, 0.15) is 0 Å². The Hall–Kier alpha value is -0.850. The molecule has 2 aliphatic rings. The third-order valence-corrected chi connectivity index (χ3v) is 5.17. The zero-order valence-electron chi connectivity index (χ0n) is 15.9. The predicted molar refractivity (Wildman–Crippen MR) is 101 cm³/mol. The Morgan fingerprint density at radius 2 is 1.75 bits per heavy atom. The lowest BCUT2D eigenvalue weighted by molar-refractivity contribution is -0.00833. The van der Waals surface area contributed by atoms with Crippen LogP contribution in [-0.4, -0.2) is 87.4 Å². The molecule has 2 fully saturated rings. The van der Waals surface area contributed by atoms with Gasteiger partial charge in [0.25, 0.3) is 0 Å². The van der Waals surface area contributed by atoms with Crippen LogP contribution in [0.4, 0.5) is 0 Å². The zero-order valence-corrected chi connectivity index (χ0v) is 15.9. The molecule has 0 atom stereocenters. The van der Waals surface area contributed by atoms with Gasteiger partial charge >= 0.3 is 0 Å². The van der Waals surface area contributed by atoms with E-state index in [2.05, 4.69) is 39.3 Å². The molecule has 0 unspecified atom stereocenters. The van der Waals surface area contributed by atoms with Crippen LogP contribution in [0.25, 0.3) is 0 Å². The fraction of sp³-hybridized carbons (Fsp3) is 0.944. The summed E-state index contributed by atoms with van der Waals surface area (Å²) >= 11 is 0. The predicted octanol–water partition coefficient (Wildman–Crippen LogP) is 1.14. The van der Waals surface area contributed by atoms with Crippen molar-refractivity contribution < 1.29 is 4.74 Å². The molecular weight excluding hydrogens is 302 g/mol. The van der Waals surface area contributed by atoms with E-state index in [-0.39, 0.29) is 5.54 Å². The van der Waals surface area contributed by atoms with Crippen LogP contribution < -0.4 is 10.6 Å². The van der Waals surface area contributed by atoms with E-state index in [1.165, 1.54) is 45.3 Å². The van der Waals surface area contributed by atoms with Crippen molar-refractivity contribution >= 4 is 5.96 Å². The molecule has 6 heteroatoms. The lowest BCUT2D eigenvalue weighted by Gasteiger charge is -2.41. The fourth-order valence-electron chi connectivity index (χ4n) is 3.47. The number of hydrogen-bond donors (Lipinski definition) is 2. The Bertz CT molecular complexity index is 374. The summed E-state index contributed by atoms with van der Waals surface area (Å²) in [5.74, 6) is 0.914. The van der Waals surface area contributed by atoms with Crippen molar-refractivity contribution in [2.45, 2.75) is 45.1 Å². The summed E-state index contributed by atoms with van der Waals surface area (Å²) < 4.78 is 5.45. The second-order valence-electron chi connectivity index (χ2n) is 7.52. The number of morpholine rings is 1. The van der Waals surface area contributed by atoms with E-state index in [1.807, 2.05) is 7.05 Å². The first-order valence-electron chi connectivity index (χ1n) is 9.61. The van der Waals surface area contributed by atoms with Gasteiger partial charge in [-0.25, -0.2) is 0 Å². The molecule has 2 rings (SSSR count). The van der Waals surface area contributed by atoms with Gasteiger partial charge in [-0.05, 0) is 59.2 Å². The normalized spacial score (nSPS) is 21.2. The molecule has 24 heavy (non-hydrogen) atoms. The fourth-order valence-corrected chi connectivity index (χ4v) is 3.47. The van der Waals surface area contributed by atoms with Gasteiger partial charge in [-0.1, -0.05) is 0 Å². The van der Waals surface area contributed by atoms with Gasteiger partial charge in [0.05, 0.1) is 13.2 Å². The lowest BCUT2D eigenvalue weighted by atomic mass is 10.0. The molecule has 0 aromatic rings. The highest BCUT2D eigenvalue weighted by atomic mass is 16.5. The quantitative estimate of drug-likeness (QED) is 0.395. The summed E-state index contributed by atoms with van der Waals surface area (Å²) in [5.41, 5.74) is 0.108. The van der Waals surface area contributed by atoms with E-state index >= 15 is 0 Å². The summed E-state index contributed by atoms with van der Waals surface area (Å²) in [6.45, 7) is 14.0. The highest BCUT2D eigenvalue weighted by Gasteiger charge is 2.28. The molecule has 0 aromatic carbocycles. The smallest absolute Gasteiger partial charge is 0.191 e. The number of nitrogens with zero attached hydrogens (tertiary/aromatic N) is 3. The molecule has 2 N–H and O–H groups in total. The Kier molecular flexibility index (Phi) is 8.29. The van der Waals surface area contributed by atoms with Crippen molar-refractivity contribution in [3.05, 3.63) is 0 Å². The largest absolute Gasteiger partial charge is 0.379 e. The summed E-state index contributed by atoms with van der Waals surface area (Å²) in [4.78, 5) is 9.43. The van der Waals surface area contributed by atoms with Crippen molar-refractivity contribution in [2.24, 2.45) is 4.99 Å². The number of likely N-dealkylation sites (tertiary alicyclic amines) is 1. The molecule has 2 saturated heterocycles. The van der Waals surface area contributed by atoms with Crippen molar-refractivity contribution in [2.75, 3.05) is 66.1 Å². The van der Waals surface area contributed by atoms with E-state index in [4.69, 9.17) is 4.74 Å². The third-order valence-electron chi connectivity index (χ3n) is 5.17. The minimum absolute atomic E-state index is 0.108. The van der Waals surface area contributed by atoms with Gasteiger partial charge in [0.15, 0.2) is 5.96 Å². The maximum absolute atomic E-state index is 5.45. The van der Waals surface area contributed by atoms with Crippen LogP contribution in [0.5, 0.6) is 0 Å². The average Bonchev–Trinajstić information content (AvgIpc) is 3.11. The Morgan fingerprint density at radius 3 is 2.42 bits per heavy atom. The molecule has 0 saturated carbocycles. The second-order valence-corrected chi connectivity index (χ2v) is 7.52. The molecule has 0 amide bonds. The average molecular weight is 340 g/mol. The molecule has 6 nitrogen and oxygen atoms in total. The number of nitrogens with one attached hydrogen (secondary N) is 2. The van der Waals surface area contributed by atoms with Gasteiger partial charge in [-0.3, -0.25) is 9.89 Å². The molecule has 2 heterocycles. The van der Waals surface area contributed by atoms with Gasteiger partial charge < -0.3 is 20.3 Å². The Balaban J connectivity index is 1.59. The maximum Gasteiger partial charge on any atom is 0.191 e. The van der Waals surface area contributed by atoms with Crippen molar-refractivity contribution in [3.63, 3.8) is 0 Å². The summed E-state index contributed by atoms with van der Waals surface area (Å²) in [5, 5.41) is 6.93. The van der Waals surface area contributed by atoms with Crippen LogP contribution in [0.3, 0.4) is 0 Å². The second kappa shape index (κ2) is 10.2. The van der Waals surface area contributed by atoms with E-state index < -0.39 is 0 Å². The van der Waals surface area contributed by atoms with Gasteiger partial charge in [0.2, 0.25) is 0 Å². The number of unbranched alkanes of at least 4 members (excludes halogenated alkanes) is 1. The summed E-state index contributed by atoms with van der Waals surface area (Å²) in [6, 6.07) is 0. The van der Waals surface area contributed by atoms with Crippen LogP contribution in [0, 0.1) is 0 Å². The molecule has 140 valence electrons. The molecule has 0 bridgehead atoms. The van der Waals surface area contributed by atoms with Crippen molar-refractivity contribution in [1.82, 2.24) is 20.4 Å². The van der Waals surface area contributed by atoms with Gasteiger partial charge in [0, 0.05) is 38.8 Å². The first kappa shape index (κ1) is 19.5. The van der Waals surface area contributed by atoms with Crippen LogP contribution in [0.2, 0.25) is 0 Å². The van der Waals surface area contributed by atoms with E-state index in [9.17, 15) is 0 Å². The molecule has 0 aliphatic carbocycles. The van der Waals surface area contributed by atoms with E-state index in [1.54, 1.807) is 0 Å². The molecule has 2 aliphatic heterocycles. The number of ether oxygens (including phenoxy) is 1. The first-order valence-corrected chi connectivity index (χ1v) is 9.61. The highest BCUT2D eigenvalue weighted by molar-refractivity contribution is 5.79. The van der Waals surface area contributed by atoms with E-state index in [0.717, 1.165) is 45.4 Å². The summed E-state index contributed by atoms with van der Waals surface area (Å²) in [6.07, 6.45) is 5.23. The monoisotopic (exact) mass is 339 g/mol. The number of rotatable bonds is 8. The zero-order chi connectivity index (χ0) is 17.3. The van der Waals surface area contributed by atoms with Crippen LogP contribution in [0.1, 0.15) is 39.5 Å². The summed E-state index contributed by atoms with van der Waals surface area (Å²) in [7, 11) is 1.85. The number of hydrogen-bond acceptors (Lipinski definition) is 4. The molecule has 0 spiro atoms. The van der Waals surface area contributed by atoms with Crippen LogP contribution in [0.15, 0.2) is 4.99 Å². The Morgan fingerprint density at radius 1 is 1.04 bits per heavy atom. The van der Waals surface area contributed by atoms with Gasteiger partial charge in [-0.2, -0.15) is 0 Å². The molecule has 0 radical (unpaired) electrons. The van der Waals surface area contributed by atoms with E-state index in [0.29, 0.717) is 0 Å². The first-order chi connectivity index (χ1) is 11.6. The maximum atomic E-state index is 5.45. The molecular formula is C18H37N5O. The van der Waals surface area contributed by atoms with Crippen molar-refractivity contribution in [3.8, 4) is 0 Å². The number of aliphatic imine (C=N–C) groups is 1.